The fourth-order valence-electron chi connectivity index (χ4n) is 1.66. The van der Waals surface area contributed by atoms with Crippen LogP contribution in [0.3, 0.4) is 0 Å². The number of hydrogen-bond acceptors (Lipinski definition) is 5. The molecule has 1 aromatic carbocycles. The van der Waals surface area contributed by atoms with Crippen LogP contribution in [0.2, 0.25) is 5.02 Å². The molecule has 5 nitrogen and oxygen atoms in total. The largest absolute Gasteiger partial charge is 0.573 e. The van der Waals surface area contributed by atoms with Crippen LogP contribution >= 0.6 is 23.2 Å². The Balaban J connectivity index is 2.27. The van der Waals surface area contributed by atoms with Crippen LogP contribution in [0, 0.1) is 0 Å². The Hall–Kier alpha value is -1.84. The Bertz CT molecular complexity index is 914. The van der Waals surface area contributed by atoms with E-state index in [9.17, 15) is 21.6 Å². The normalized spacial score (nSPS) is 13.0. The van der Waals surface area contributed by atoms with Crippen LogP contribution in [0.5, 0.6) is 5.75 Å². The number of sulfone groups is 1. The second-order valence-corrected chi connectivity index (χ2v) is 7.50. The van der Waals surface area contributed by atoms with Crippen molar-refractivity contribution in [1.29, 1.82) is 0 Å². The van der Waals surface area contributed by atoms with Gasteiger partial charge in [0.15, 0.2) is 15.0 Å². The third-order valence-electron chi connectivity index (χ3n) is 2.75. The molecule has 0 amide bonds. The number of ether oxygens (including phenoxy) is 1. The van der Waals surface area contributed by atoms with E-state index in [4.69, 9.17) is 23.2 Å². The van der Waals surface area contributed by atoms with E-state index in [0.717, 1.165) is 24.6 Å². The average molecular weight is 413 g/mol. The van der Waals surface area contributed by atoms with Crippen molar-refractivity contribution in [3.8, 4) is 5.75 Å². The van der Waals surface area contributed by atoms with Gasteiger partial charge in [0.25, 0.3) is 0 Å². The molecule has 0 aliphatic carbocycles. The number of nitrogens with zero attached hydrogens (tertiary/aromatic N) is 2. The van der Waals surface area contributed by atoms with E-state index in [1.807, 2.05) is 0 Å². The molecule has 134 valence electrons. The Labute approximate surface area is 151 Å². The lowest BCUT2D eigenvalue weighted by molar-refractivity contribution is -0.274. The number of alkyl halides is 3. The highest BCUT2D eigenvalue weighted by Crippen LogP contribution is 2.32. The summed E-state index contributed by atoms with van der Waals surface area (Å²) in [5.74, 6) is -0.497. The highest BCUT2D eigenvalue weighted by molar-refractivity contribution is 7.90. The molecule has 0 aliphatic rings. The molecular formula is C14H9Cl2F3N2O3S. The first kappa shape index (κ1) is 19.5. The molecule has 0 saturated carbocycles. The fraction of sp³-hybridized carbons (Fsp3) is 0.143. The molecule has 0 saturated heterocycles. The Morgan fingerprint density at radius 1 is 1.24 bits per heavy atom. The van der Waals surface area contributed by atoms with Crippen molar-refractivity contribution < 1.29 is 26.3 Å². The maximum atomic E-state index is 12.2. The second kappa shape index (κ2) is 7.19. The van der Waals surface area contributed by atoms with Crippen molar-refractivity contribution in [2.24, 2.45) is 4.99 Å². The number of rotatable bonds is 4. The quantitative estimate of drug-likeness (QED) is 0.699. The maximum Gasteiger partial charge on any atom is 0.573 e. The molecule has 0 bridgehead atoms. The molecule has 1 aromatic heterocycles. The molecule has 0 N–H and O–H groups in total. The number of halogens is 5. The summed E-state index contributed by atoms with van der Waals surface area (Å²) in [6, 6.07) is 5.81. The Morgan fingerprint density at radius 2 is 1.92 bits per heavy atom. The zero-order valence-electron chi connectivity index (χ0n) is 12.4. The van der Waals surface area contributed by atoms with Crippen LogP contribution in [0.15, 0.2) is 46.4 Å². The van der Waals surface area contributed by atoms with E-state index in [1.54, 1.807) is 0 Å². The predicted molar refractivity (Wildman–Crippen MR) is 87.5 cm³/mol. The van der Waals surface area contributed by atoms with Gasteiger partial charge in [0.1, 0.15) is 11.4 Å². The highest BCUT2D eigenvalue weighted by Gasteiger charge is 2.31. The standard InChI is InChI=1S/C14H9Cl2F3N2O3S/c1-25(22,23)9-3-5-12(20-7-9)13(16)21-11-4-2-8(6-10(11)15)24-14(17,18)19/h2-7H,1H3/b21-13-. The number of aromatic nitrogens is 1. The Kier molecular flexibility index (Phi) is 5.60. The van der Waals surface area contributed by atoms with Crippen molar-refractivity contribution in [2.45, 2.75) is 11.3 Å². The summed E-state index contributed by atoms with van der Waals surface area (Å²) < 4.78 is 62.9. The van der Waals surface area contributed by atoms with Crippen LogP contribution in [0.1, 0.15) is 5.69 Å². The number of aliphatic imine (C=N–C) groups is 1. The molecule has 0 unspecified atom stereocenters. The van der Waals surface area contributed by atoms with E-state index < -0.39 is 21.9 Å². The third-order valence-corrected chi connectivity index (χ3v) is 4.43. The lowest BCUT2D eigenvalue weighted by Gasteiger charge is -2.09. The van der Waals surface area contributed by atoms with Crippen LogP contribution in [0.25, 0.3) is 0 Å². The van der Waals surface area contributed by atoms with Crippen LogP contribution in [-0.2, 0) is 9.84 Å². The smallest absolute Gasteiger partial charge is 0.406 e. The third kappa shape index (κ3) is 5.58. The lowest BCUT2D eigenvalue weighted by atomic mass is 10.3. The number of pyridine rings is 1. The van der Waals surface area contributed by atoms with Gasteiger partial charge in [0, 0.05) is 18.5 Å². The number of hydrogen-bond donors (Lipinski definition) is 0. The van der Waals surface area contributed by atoms with Gasteiger partial charge in [-0.3, -0.25) is 4.98 Å². The van der Waals surface area contributed by atoms with Gasteiger partial charge in [0.05, 0.1) is 15.6 Å². The summed E-state index contributed by atoms with van der Waals surface area (Å²) >= 11 is 11.9. The van der Waals surface area contributed by atoms with E-state index in [1.165, 1.54) is 18.2 Å². The van der Waals surface area contributed by atoms with Crippen molar-refractivity contribution in [2.75, 3.05) is 6.26 Å². The molecule has 0 fully saturated rings. The van der Waals surface area contributed by atoms with Gasteiger partial charge < -0.3 is 4.74 Å². The minimum Gasteiger partial charge on any atom is -0.406 e. The van der Waals surface area contributed by atoms with Gasteiger partial charge in [-0.15, -0.1) is 13.2 Å². The van der Waals surface area contributed by atoms with Crippen molar-refractivity contribution >= 4 is 43.9 Å². The summed E-state index contributed by atoms with van der Waals surface area (Å²) in [4.78, 5) is 7.84. The van der Waals surface area contributed by atoms with E-state index >= 15 is 0 Å². The molecule has 1 heterocycles. The molecule has 2 rings (SSSR count). The topological polar surface area (TPSA) is 68.6 Å². The van der Waals surface area contributed by atoms with Crippen molar-refractivity contribution in [3.05, 3.63) is 47.2 Å². The van der Waals surface area contributed by atoms with Gasteiger partial charge in [-0.05, 0) is 24.3 Å². The first-order chi connectivity index (χ1) is 11.5. The minimum atomic E-state index is -4.84. The van der Waals surface area contributed by atoms with E-state index in [-0.39, 0.29) is 26.5 Å². The first-order valence-electron chi connectivity index (χ1n) is 6.42. The van der Waals surface area contributed by atoms with Crippen LogP contribution < -0.4 is 4.74 Å². The molecule has 25 heavy (non-hydrogen) atoms. The fourth-order valence-corrected chi connectivity index (χ4v) is 2.64. The summed E-state index contributed by atoms with van der Waals surface area (Å²) in [5.41, 5.74) is 0.260. The second-order valence-electron chi connectivity index (χ2n) is 4.71. The van der Waals surface area contributed by atoms with E-state index in [0.29, 0.717) is 0 Å². The van der Waals surface area contributed by atoms with Crippen molar-refractivity contribution in [1.82, 2.24) is 4.98 Å². The number of benzene rings is 1. The minimum absolute atomic E-state index is 0.00685. The zero-order valence-corrected chi connectivity index (χ0v) is 14.7. The molecule has 2 aromatic rings. The van der Waals surface area contributed by atoms with Crippen LogP contribution in [0.4, 0.5) is 18.9 Å². The average Bonchev–Trinajstić information content (AvgIpc) is 2.47. The van der Waals surface area contributed by atoms with Crippen LogP contribution in [-0.4, -0.2) is 31.2 Å². The summed E-state index contributed by atoms with van der Waals surface area (Å²) in [5, 5.41) is -0.237. The summed E-state index contributed by atoms with van der Waals surface area (Å²) in [7, 11) is -3.40. The molecule has 0 radical (unpaired) electrons. The molecule has 11 heteroatoms. The van der Waals surface area contributed by atoms with Gasteiger partial charge in [0.2, 0.25) is 0 Å². The van der Waals surface area contributed by atoms with E-state index in [2.05, 4.69) is 14.7 Å². The molecule has 0 aliphatic heterocycles. The van der Waals surface area contributed by atoms with Gasteiger partial charge in [-0.1, -0.05) is 23.2 Å². The zero-order chi connectivity index (χ0) is 18.8. The molecule has 0 atom stereocenters. The Morgan fingerprint density at radius 3 is 2.40 bits per heavy atom. The predicted octanol–water partition coefficient (Wildman–Crippen LogP) is 4.35. The summed E-state index contributed by atoms with van der Waals surface area (Å²) in [6.45, 7) is 0. The van der Waals surface area contributed by atoms with Gasteiger partial charge in [-0.25, -0.2) is 13.4 Å². The SMILES string of the molecule is CS(=O)(=O)c1ccc(/C(Cl)=N/c2ccc(OC(F)(F)F)cc2Cl)nc1. The maximum absolute atomic E-state index is 12.2. The van der Waals surface area contributed by atoms with Gasteiger partial charge >= 0.3 is 6.36 Å². The first-order valence-corrected chi connectivity index (χ1v) is 9.06. The molecule has 0 spiro atoms. The molecular weight excluding hydrogens is 404 g/mol. The lowest BCUT2D eigenvalue weighted by Crippen LogP contribution is -2.16. The van der Waals surface area contributed by atoms with Crippen molar-refractivity contribution in [3.63, 3.8) is 0 Å². The summed E-state index contributed by atoms with van der Waals surface area (Å²) in [6.07, 6.45) is -2.69. The van der Waals surface area contributed by atoms with Gasteiger partial charge in [-0.2, -0.15) is 0 Å². The highest BCUT2D eigenvalue weighted by atomic mass is 35.5. The monoisotopic (exact) mass is 412 g/mol.